The maximum absolute atomic E-state index is 9.13. The Morgan fingerprint density at radius 1 is 1.38 bits per heavy atom. The normalized spacial score (nSPS) is 10.2. The molecule has 0 bridgehead atoms. The lowest BCUT2D eigenvalue weighted by Crippen LogP contribution is -2.11. The average molecular weight is 302 g/mol. The molecular weight excluding hydrogens is 286 g/mol. The molecule has 1 aromatic heterocycles. The summed E-state index contributed by atoms with van der Waals surface area (Å²) in [6.45, 7) is 4.43. The van der Waals surface area contributed by atoms with Crippen LogP contribution in [0, 0.1) is 11.3 Å². The van der Waals surface area contributed by atoms with Gasteiger partial charge in [0.15, 0.2) is 0 Å². The first-order valence-corrected chi connectivity index (χ1v) is 7.02. The lowest BCUT2D eigenvalue weighted by atomic mass is 10.2. The molecule has 0 saturated carbocycles. The lowest BCUT2D eigenvalue weighted by molar-refractivity contribution is 0.230. The van der Waals surface area contributed by atoms with Crippen molar-refractivity contribution in [2.75, 3.05) is 5.32 Å². The number of aromatic nitrogens is 1. The van der Waals surface area contributed by atoms with E-state index in [4.69, 9.17) is 21.6 Å². The molecule has 0 fully saturated rings. The van der Waals surface area contributed by atoms with E-state index in [1.54, 1.807) is 24.4 Å². The highest BCUT2D eigenvalue weighted by molar-refractivity contribution is 6.30. The van der Waals surface area contributed by atoms with Gasteiger partial charge >= 0.3 is 0 Å². The Morgan fingerprint density at radius 2 is 2.19 bits per heavy atom. The topological polar surface area (TPSA) is 57.9 Å². The van der Waals surface area contributed by atoms with Crippen LogP contribution in [-0.4, -0.2) is 11.1 Å². The quantitative estimate of drug-likeness (QED) is 0.906. The van der Waals surface area contributed by atoms with Crippen molar-refractivity contribution in [3.8, 4) is 11.9 Å². The van der Waals surface area contributed by atoms with Crippen LogP contribution in [0.4, 0.5) is 5.69 Å². The molecule has 0 unspecified atom stereocenters. The first kappa shape index (κ1) is 15.1. The van der Waals surface area contributed by atoms with E-state index in [0.29, 0.717) is 23.0 Å². The maximum atomic E-state index is 9.13. The fourth-order valence-corrected chi connectivity index (χ4v) is 2.01. The first-order chi connectivity index (χ1) is 10.1. The molecule has 0 spiro atoms. The van der Waals surface area contributed by atoms with E-state index in [1.807, 2.05) is 26.0 Å². The molecule has 4 nitrogen and oxygen atoms in total. The molecule has 0 atom stereocenters. The molecule has 5 heteroatoms. The highest BCUT2D eigenvalue weighted by Crippen LogP contribution is 2.22. The van der Waals surface area contributed by atoms with Gasteiger partial charge in [-0.05, 0) is 38.1 Å². The summed E-state index contributed by atoms with van der Waals surface area (Å²) >= 11 is 5.89. The van der Waals surface area contributed by atoms with Gasteiger partial charge in [0.25, 0.3) is 0 Å². The fraction of sp³-hybridized carbons (Fsp3) is 0.250. The van der Waals surface area contributed by atoms with E-state index in [0.717, 1.165) is 11.3 Å². The summed E-state index contributed by atoms with van der Waals surface area (Å²) < 4.78 is 5.67. The van der Waals surface area contributed by atoms with E-state index in [9.17, 15) is 0 Å². The van der Waals surface area contributed by atoms with Gasteiger partial charge in [-0.3, -0.25) is 0 Å². The van der Waals surface area contributed by atoms with Crippen LogP contribution in [0.3, 0.4) is 0 Å². The molecule has 0 saturated heterocycles. The minimum atomic E-state index is 0.0591. The van der Waals surface area contributed by atoms with Crippen molar-refractivity contribution in [1.82, 2.24) is 4.98 Å². The van der Waals surface area contributed by atoms with Crippen LogP contribution in [0.25, 0.3) is 0 Å². The number of rotatable bonds is 5. The number of pyridine rings is 1. The van der Waals surface area contributed by atoms with Crippen LogP contribution in [0.15, 0.2) is 36.5 Å². The largest absolute Gasteiger partial charge is 0.475 e. The molecule has 0 aliphatic heterocycles. The van der Waals surface area contributed by atoms with Crippen LogP contribution in [0.2, 0.25) is 5.02 Å². The molecule has 0 amide bonds. The zero-order chi connectivity index (χ0) is 15.2. The molecular formula is C16H16ClN3O. The van der Waals surface area contributed by atoms with Gasteiger partial charge in [0.2, 0.25) is 5.88 Å². The molecule has 1 heterocycles. The Kier molecular flexibility index (Phi) is 5.02. The second-order valence-corrected chi connectivity index (χ2v) is 5.23. The third-order valence-electron chi connectivity index (χ3n) is 2.77. The van der Waals surface area contributed by atoms with Crippen molar-refractivity contribution in [1.29, 1.82) is 5.26 Å². The molecule has 0 aliphatic rings. The molecule has 2 rings (SSSR count). The number of benzene rings is 1. The van der Waals surface area contributed by atoms with Crippen molar-refractivity contribution in [3.63, 3.8) is 0 Å². The molecule has 21 heavy (non-hydrogen) atoms. The van der Waals surface area contributed by atoms with Gasteiger partial charge in [-0.2, -0.15) is 5.26 Å². The number of anilines is 1. The number of halogens is 1. The molecule has 2 aromatic rings. The van der Waals surface area contributed by atoms with Crippen molar-refractivity contribution in [3.05, 3.63) is 52.7 Å². The summed E-state index contributed by atoms with van der Waals surface area (Å²) in [6.07, 6.45) is 1.76. The Hall–Kier alpha value is -2.25. The van der Waals surface area contributed by atoms with Gasteiger partial charge in [-0.1, -0.05) is 17.7 Å². The van der Waals surface area contributed by atoms with E-state index < -0.39 is 0 Å². The minimum absolute atomic E-state index is 0.0591. The molecule has 108 valence electrons. The van der Waals surface area contributed by atoms with Gasteiger partial charge in [0.05, 0.1) is 17.4 Å². The number of nitriles is 1. The second kappa shape index (κ2) is 6.96. The van der Waals surface area contributed by atoms with E-state index in [-0.39, 0.29) is 6.10 Å². The molecule has 0 radical (unpaired) electrons. The van der Waals surface area contributed by atoms with E-state index in [2.05, 4.69) is 16.4 Å². The number of ether oxygens (including phenoxy) is 1. The van der Waals surface area contributed by atoms with Crippen LogP contribution in [-0.2, 0) is 6.54 Å². The zero-order valence-electron chi connectivity index (χ0n) is 11.9. The van der Waals surface area contributed by atoms with Crippen LogP contribution in [0.1, 0.15) is 25.0 Å². The minimum Gasteiger partial charge on any atom is -0.475 e. The maximum Gasteiger partial charge on any atom is 0.218 e. The summed E-state index contributed by atoms with van der Waals surface area (Å²) in [5.74, 6) is 0.604. The molecule has 1 N–H and O–H groups in total. The first-order valence-electron chi connectivity index (χ1n) is 6.64. The Balaban J connectivity index is 2.15. The number of nitrogens with zero attached hydrogens (tertiary/aromatic N) is 2. The average Bonchev–Trinajstić information content (AvgIpc) is 2.46. The van der Waals surface area contributed by atoms with E-state index in [1.165, 1.54) is 0 Å². The van der Waals surface area contributed by atoms with Crippen LogP contribution in [0.5, 0.6) is 5.88 Å². The SMILES string of the molecule is CC(C)Oc1ncccc1CNc1ccc(Cl)cc1C#N. The molecule has 1 aromatic carbocycles. The van der Waals surface area contributed by atoms with Gasteiger partial charge < -0.3 is 10.1 Å². The van der Waals surface area contributed by atoms with E-state index >= 15 is 0 Å². The van der Waals surface area contributed by atoms with Gasteiger partial charge in [-0.25, -0.2) is 4.98 Å². The van der Waals surface area contributed by atoms with Crippen molar-refractivity contribution >= 4 is 17.3 Å². The number of hydrogen-bond donors (Lipinski definition) is 1. The van der Waals surface area contributed by atoms with Gasteiger partial charge in [0.1, 0.15) is 6.07 Å². The summed E-state index contributed by atoms with van der Waals surface area (Å²) in [7, 11) is 0. The van der Waals surface area contributed by atoms with Crippen molar-refractivity contribution < 1.29 is 4.74 Å². The monoisotopic (exact) mass is 301 g/mol. The fourth-order valence-electron chi connectivity index (χ4n) is 1.84. The van der Waals surface area contributed by atoms with Gasteiger partial charge in [-0.15, -0.1) is 0 Å². The van der Waals surface area contributed by atoms with Crippen LogP contribution < -0.4 is 10.1 Å². The van der Waals surface area contributed by atoms with Crippen LogP contribution >= 0.6 is 11.6 Å². The lowest BCUT2D eigenvalue weighted by Gasteiger charge is -2.14. The predicted molar refractivity (Wildman–Crippen MR) is 83.5 cm³/mol. The Labute approximate surface area is 129 Å². The summed E-state index contributed by atoms with van der Waals surface area (Å²) in [5.41, 5.74) is 2.18. The number of nitrogens with one attached hydrogen (secondary N) is 1. The predicted octanol–water partition coefficient (Wildman–Crippen LogP) is 4.01. The Morgan fingerprint density at radius 3 is 2.90 bits per heavy atom. The standard InChI is InChI=1S/C16H16ClN3O/c1-11(2)21-16-12(4-3-7-19-16)10-20-15-6-5-14(17)8-13(15)9-18/h3-8,11,20H,10H2,1-2H3. The van der Waals surface area contributed by atoms with Gasteiger partial charge in [0, 0.05) is 23.3 Å². The summed E-state index contributed by atoms with van der Waals surface area (Å²) in [6, 6.07) is 11.1. The summed E-state index contributed by atoms with van der Waals surface area (Å²) in [4.78, 5) is 4.24. The highest BCUT2D eigenvalue weighted by Gasteiger charge is 2.08. The van der Waals surface area contributed by atoms with Crippen molar-refractivity contribution in [2.24, 2.45) is 0 Å². The van der Waals surface area contributed by atoms with Crippen molar-refractivity contribution in [2.45, 2.75) is 26.5 Å². The smallest absolute Gasteiger partial charge is 0.218 e. The second-order valence-electron chi connectivity index (χ2n) is 4.79. The molecule has 0 aliphatic carbocycles. The Bertz CT molecular complexity index is 665. The zero-order valence-corrected chi connectivity index (χ0v) is 12.7. The highest BCUT2D eigenvalue weighted by atomic mass is 35.5. The third kappa shape index (κ3) is 4.11. The number of hydrogen-bond acceptors (Lipinski definition) is 4. The third-order valence-corrected chi connectivity index (χ3v) is 3.00. The summed E-state index contributed by atoms with van der Waals surface area (Å²) in [5, 5.41) is 12.9.